The molecule has 1 N–H and O–H groups in total. The van der Waals surface area contributed by atoms with Gasteiger partial charge in [-0.1, -0.05) is 29.8 Å². The molecule has 0 aliphatic carbocycles. The highest BCUT2D eigenvalue weighted by molar-refractivity contribution is 7.92. The Morgan fingerprint density at radius 2 is 1.59 bits per heavy atom. The van der Waals surface area contributed by atoms with E-state index in [1.807, 2.05) is 13.8 Å². The number of nitrogens with zero attached hydrogens (tertiary/aromatic N) is 2. The smallest absolute Gasteiger partial charge is 0.264 e. The van der Waals surface area contributed by atoms with Crippen molar-refractivity contribution in [2.75, 3.05) is 17.9 Å². The number of likely N-dealkylation sites (N-methyl/N-ethyl adjacent to an activating group) is 1. The molecule has 0 bridgehead atoms. The van der Waals surface area contributed by atoms with Crippen LogP contribution in [0.2, 0.25) is 5.02 Å². The van der Waals surface area contributed by atoms with E-state index in [1.54, 1.807) is 25.1 Å². The Balaban J connectivity index is 2.05. The van der Waals surface area contributed by atoms with Crippen molar-refractivity contribution in [1.29, 1.82) is 0 Å². The van der Waals surface area contributed by atoms with Crippen LogP contribution in [0.5, 0.6) is 0 Å². The second-order valence-electron chi connectivity index (χ2n) is 8.67. The number of amides is 2. The molecule has 0 aliphatic heterocycles. The third kappa shape index (κ3) is 6.67. The SMILES string of the molecule is CNC(=O)[C@H](C)N(Cc1ccc(F)cc1)C(=O)CN(c1ccc(C)c(C)c1)S(=O)(=O)c1ccc(Cl)cc1. The molecule has 3 aromatic rings. The Morgan fingerprint density at radius 1 is 0.973 bits per heavy atom. The van der Waals surface area contributed by atoms with Crippen LogP contribution < -0.4 is 9.62 Å². The van der Waals surface area contributed by atoms with E-state index in [0.717, 1.165) is 15.4 Å². The molecule has 7 nitrogen and oxygen atoms in total. The van der Waals surface area contributed by atoms with Crippen molar-refractivity contribution in [3.05, 3.63) is 94.3 Å². The topological polar surface area (TPSA) is 86.8 Å². The number of nitrogens with one attached hydrogen (secondary N) is 1. The number of carbonyl (C=O) groups excluding carboxylic acids is 2. The fourth-order valence-corrected chi connectivity index (χ4v) is 5.25. The lowest BCUT2D eigenvalue weighted by Gasteiger charge is -2.32. The first kappa shape index (κ1) is 28.1. The summed E-state index contributed by atoms with van der Waals surface area (Å²) < 4.78 is 42.0. The molecule has 0 saturated carbocycles. The maximum atomic E-state index is 13.7. The molecule has 37 heavy (non-hydrogen) atoms. The van der Waals surface area contributed by atoms with Gasteiger partial charge in [0.2, 0.25) is 11.8 Å². The zero-order valence-electron chi connectivity index (χ0n) is 21.0. The normalized spacial score (nSPS) is 12.1. The van der Waals surface area contributed by atoms with Gasteiger partial charge in [-0.25, -0.2) is 12.8 Å². The van der Waals surface area contributed by atoms with Gasteiger partial charge in [0.25, 0.3) is 10.0 Å². The second-order valence-corrected chi connectivity index (χ2v) is 11.0. The minimum atomic E-state index is -4.18. The van der Waals surface area contributed by atoms with Gasteiger partial charge in [-0.3, -0.25) is 13.9 Å². The summed E-state index contributed by atoms with van der Waals surface area (Å²) in [6.07, 6.45) is 0. The summed E-state index contributed by atoms with van der Waals surface area (Å²) >= 11 is 5.96. The summed E-state index contributed by atoms with van der Waals surface area (Å²) in [5.41, 5.74) is 2.71. The molecule has 0 aromatic heterocycles. The number of benzene rings is 3. The Morgan fingerprint density at radius 3 is 2.16 bits per heavy atom. The van der Waals surface area contributed by atoms with Crippen LogP contribution in [0.15, 0.2) is 71.6 Å². The first-order valence-corrected chi connectivity index (χ1v) is 13.4. The van der Waals surface area contributed by atoms with Crippen LogP contribution in [-0.4, -0.2) is 44.8 Å². The number of aryl methyl sites for hydroxylation is 2. The van der Waals surface area contributed by atoms with Crippen molar-refractivity contribution in [2.45, 2.75) is 38.3 Å². The van der Waals surface area contributed by atoms with Gasteiger partial charge in [0.15, 0.2) is 0 Å². The predicted octanol–water partition coefficient (Wildman–Crippen LogP) is 4.45. The molecule has 2 amide bonds. The number of sulfonamides is 1. The average Bonchev–Trinajstić information content (AvgIpc) is 2.87. The van der Waals surface area contributed by atoms with E-state index in [0.29, 0.717) is 16.3 Å². The van der Waals surface area contributed by atoms with E-state index >= 15 is 0 Å². The standard InChI is InChI=1S/C27H29ClFN3O4S/c1-18-5-12-24(15-19(18)2)32(37(35,36)25-13-8-22(28)9-14-25)17-26(33)31(20(3)27(34)30-4)16-21-6-10-23(29)11-7-21/h5-15,20H,16-17H2,1-4H3,(H,30,34)/t20-/m0/s1. The highest BCUT2D eigenvalue weighted by atomic mass is 35.5. The number of anilines is 1. The molecule has 0 spiro atoms. The van der Waals surface area contributed by atoms with Gasteiger partial charge < -0.3 is 10.2 Å². The quantitative estimate of drug-likeness (QED) is 0.430. The number of carbonyl (C=O) groups is 2. The maximum absolute atomic E-state index is 13.7. The Labute approximate surface area is 221 Å². The lowest BCUT2D eigenvalue weighted by molar-refractivity contribution is -0.139. The van der Waals surface area contributed by atoms with Crippen molar-refractivity contribution in [2.24, 2.45) is 0 Å². The van der Waals surface area contributed by atoms with E-state index in [9.17, 15) is 22.4 Å². The zero-order chi connectivity index (χ0) is 27.3. The summed E-state index contributed by atoms with van der Waals surface area (Å²) in [7, 11) is -2.73. The molecule has 0 saturated heterocycles. The monoisotopic (exact) mass is 545 g/mol. The van der Waals surface area contributed by atoms with Crippen LogP contribution in [0.4, 0.5) is 10.1 Å². The molecule has 0 heterocycles. The molecule has 10 heteroatoms. The molecular weight excluding hydrogens is 517 g/mol. The van der Waals surface area contributed by atoms with Crippen molar-refractivity contribution < 1.29 is 22.4 Å². The highest BCUT2D eigenvalue weighted by Crippen LogP contribution is 2.27. The summed E-state index contributed by atoms with van der Waals surface area (Å²) in [6.45, 7) is 4.72. The van der Waals surface area contributed by atoms with Crippen LogP contribution in [-0.2, 0) is 26.2 Å². The molecule has 0 unspecified atom stereocenters. The molecule has 0 aliphatic rings. The zero-order valence-corrected chi connectivity index (χ0v) is 22.6. The summed E-state index contributed by atoms with van der Waals surface area (Å²) in [4.78, 5) is 27.4. The minimum absolute atomic E-state index is 0.0184. The Kier molecular flexibility index (Phi) is 8.94. The molecular formula is C27H29ClFN3O4S. The molecule has 0 radical (unpaired) electrons. The summed E-state index contributed by atoms with van der Waals surface area (Å²) in [5.74, 6) is -1.46. The fourth-order valence-electron chi connectivity index (χ4n) is 3.72. The van der Waals surface area contributed by atoms with E-state index in [1.165, 1.54) is 60.5 Å². The Hall–Kier alpha value is -3.43. The maximum Gasteiger partial charge on any atom is 0.264 e. The van der Waals surface area contributed by atoms with Crippen molar-refractivity contribution in [3.8, 4) is 0 Å². The number of hydrogen-bond acceptors (Lipinski definition) is 4. The Bertz CT molecular complexity index is 1380. The summed E-state index contributed by atoms with van der Waals surface area (Å²) in [6, 6.07) is 15.4. The first-order valence-electron chi connectivity index (χ1n) is 11.5. The lowest BCUT2D eigenvalue weighted by atomic mass is 10.1. The number of halogens is 2. The fraction of sp³-hybridized carbons (Fsp3) is 0.259. The van der Waals surface area contributed by atoms with Gasteiger partial charge >= 0.3 is 0 Å². The van der Waals surface area contributed by atoms with E-state index in [-0.39, 0.29) is 11.4 Å². The van der Waals surface area contributed by atoms with Crippen LogP contribution in [0.1, 0.15) is 23.6 Å². The predicted molar refractivity (Wildman–Crippen MR) is 142 cm³/mol. The average molecular weight is 546 g/mol. The molecule has 1 atom stereocenters. The third-order valence-electron chi connectivity index (χ3n) is 6.14. The lowest BCUT2D eigenvalue weighted by Crippen LogP contribution is -2.50. The summed E-state index contributed by atoms with van der Waals surface area (Å²) in [5, 5.41) is 2.89. The van der Waals surface area contributed by atoms with Gasteiger partial charge in [0, 0.05) is 18.6 Å². The second kappa shape index (κ2) is 11.7. The van der Waals surface area contributed by atoms with Gasteiger partial charge in [-0.2, -0.15) is 0 Å². The third-order valence-corrected chi connectivity index (χ3v) is 8.18. The van der Waals surface area contributed by atoms with Gasteiger partial charge in [0.1, 0.15) is 18.4 Å². The minimum Gasteiger partial charge on any atom is -0.357 e. The number of rotatable bonds is 9. The number of hydrogen-bond donors (Lipinski definition) is 1. The molecule has 0 fully saturated rings. The van der Waals surface area contributed by atoms with Crippen LogP contribution in [0.3, 0.4) is 0 Å². The van der Waals surface area contributed by atoms with Crippen LogP contribution in [0, 0.1) is 19.7 Å². The van der Waals surface area contributed by atoms with Crippen molar-refractivity contribution in [1.82, 2.24) is 10.2 Å². The van der Waals surface area contributed by atoms with Crippen LogP contribution in [0.25, 0.3) is 0 Å². The first-order chi connectivity index (χ1) is 17.4. The van der Waals surface area contributed by atoms with Crippen molar-refractivity contribution in [3.63, 3.8) is 0 Å². The molecule has 3 rings (SSSR count). The van der Waals surface area contributed by atoms with Crippen LogP contribution >= 0.6 is 11.6 Å². The largest absolute Gasteiger partial charge is 0.357 e. The van der Waals surface area contributed by atoms with E-state index in [2.05, 4.69) is 5.32 Å². The molecule has 196 valence electrons. The van der Waals surface area contributed by atoms with Gasteiger partial charge in [0.05, 0.1) is 10.6 Å². The molecule has 3 aromatic carbocycles. The van der Waals surface area contributed by atoms with Gasteiger partial charge in [-0.15, -0.1) is 0 Å². The highest BCUT2D eigenvalue weighted by Gasteiger charge is 2.32. The van der Waals surface area contributed by atoms with E-state index < -0.39 is 40.2 Å². The van der Waals surface area contributed by atoms with Gasteiger partial charge in [-0.05, 0) is 86.0 Å². The van der Waals surface area contributed by atoms with E-state index in [4.69, 9.17) is 11.6 Å². The van der Waals surface area contributed by atoms with Crippen molar-refractivity contribution >= 4 is 39.1 Å².